The fourth-order valence-electron chi connectivity index (χ4n) is 3.08. The van der Waals surface area contributed by atoms with Crippen LogP contribution in [0.2, 0.25) is 10.0 Å². The highest BCUT2D eigenvalue weighted by Crippen LogP contribution is 2.36. The molecule has 1 heterocycles. The van der Waals surface area contributed by atoms with E-state index in [4.69, 9.17) is 27.9 Å². The van der Waals surface area contributed by atoms with Gasteiger partial charge in [0.1, 0.15) is 11.4 Å². The van der Waals surface area contributed by atoms with Crippen molar-refractivity contribution in [2.45, 2.75) is 12.2 Å². The lowest BCUT2D eigenvalue weighted by Gasteiger charge is -2.17. The summed E-state index contributed by atoms with van der Waals surface area (Å²) in [5, 5.41) is 28.9. The van der Waals surface area contributed by atoms with Crippen molar-refractivity contribution in [3.63, 3.8) is 0 Å². The van der Waals surface area contributed by atoms with Crippen LogP contribution in [-0.2, 0) is 6.18 Å². The first kappa shape index (κ1) is 24.9. The number of nitriles is 1. The van der Waals surface area contributed by atoms with Crippen LogP contribution >= 0.6 is 23.2 Å². The second kappa shape index (κ2) is 10.1. The number of amides is 1. The molecule has 1 atom stereocenters. The van der Waals surface area contributed by atoms with Gasteiger partial charge in [-0.1, -0.05) is 29.3 Å². The monoisotopic (exact) mass is 514 g/mol. The van der Waals surface area contributed by atoms with Gasteiger partial charge in [-0.25, -0.2) is 14.8 Å². The van der Waals surface area contributed by atoms with Crippen molar-refractivity contribution in [1.29, 1.82) is 5.26 Å². The molecule has 34 heavy (non-hydrogen) atoms. The minimum Gasteiger partial charge on any atom is -0.494 e. The summed E-state index contributed by atoms with van der Waals surface area (Å²) in [6.45, 7) is -0.128. The fraction of sp³-hybridized carbons (Fsp3) is 0.200. The first-order valence-electron chi connectivity index (χ1n) is 9.33. The highest BCUT2D eigenvalue weighted by atomic mass is 35.5. The number of hydrogen-bond acceptors (Lipinski definition) is 5. The summed E-state index contributed by atoms with van der Waals surface area (Å²) in [5.74, 6) is -0.245. The van der Waals surface area contributed by atoms with Crippen molar-refractivity contribution in [3.8, 4) is 11.9 Å². The summed E-state index contributed by atoms with van der Waals surface area (Å²) in [6.07, 6.45) is -4.33. The Balaban J connectivity index is 2.08. The number of alkyl halides is 3. The Labute approximate surface area is 201 Å². The number of rotatable bonds is 4. The van der Waals surface area contributed by atoms with Crippen LogP contribution in [0, 0.1) is 11.5 Å². The Morgan fingerprint density at radius 3 is 2.62 bits per heavy atom. The maximum absolute atomic E-state index is 13.2. The van der Waals surface area contributed by atoms with Gasteiger partial charge in [-0.2, -0.15) is 23.5 Å². The summed E-state index contributed by atoms with van der Waals surface area (Å²) in [6, 6.07) is 6.34. The molecule has 1 aliphatic rings. The zero-order valence-corrected chi connectivity index (χ0v) is 18.7. The lowest BCUT2D eigenvalue weighted by molar-refractivity contribution is -0.137. The number of nitrogens with zero attached hydrogens (tertiary/aromatic N) is 4. The SMILES string of the molecule is COc1ccc(C(F)(F)F)cc1N=C(NC#N)N1CC(NC(=O)O)C(c2ccc(Cl)c(Cl)c2)=N1. The predicted molar refractivity (Wildman–Crippen MR) is 118 cm³/mol. The number of ether oxygens (including phenoxy) is 1. The van der Waals surface area contributed by atoms with E-state index in [1.807, 2.05) is 0 Å². The molecule has 3 N–H and O–H groups in total. The van der Waals surface area contributed by atoms with Crippen molar-refractivity contribution in [3.05, 3.63) is 57.6 Å². The van der Waals surface area contributed by atoms with Crippen molar-refractivity contribution < 1.29 is 27.8 Å². The number of methoxy groups -OCH3 is 1. The number of carboxylic acid groups (broad SMARTS) is 1. The molecule has 2 aromatic carbocycles. The lowest BCUT2D eigenvalue weighted by Crippen LogP contribution is -2.44. The molecule has 0 spiro atoms. The average molecular weight is 515 g/mol. The van der Waals surface area contributed by atoms with Crippen LogP contribution in [-0.4, -0.2) is 47.6 Å². The van der Waals surface area contributed by atoms with Crippen LogP contribution in [0.3, 0.4) is 0 Å². The van der Waals surface area contributed by atoms with E-state index >= 15 is 0 Å². The number of aliphatic imine (C=N–C) groups is 1. The fourth-order valence-corrected chi connectivity index (χ4v) is 3.38. The second-order valence-electron chi connectivity index (χ2n) is 6.75. The normalized spacial score (nSPS) is 16.0. The molecule has 2 aromatic rings. The number of benzene rings is 2. The van der Waals surface area contributed by atoms with Gasteiger partial charge in [0.05, 0.1) is 41.0 Å². The van der Waals surface area contributed by atoms with Gasteiger partial charge in [0.2, 0.25) is 5.96 Å². The van der Waals surface area contributed by atoms with E-state index in [0.717, 1.165) is 23.2 Å². The van der Waals surface area contributed by atoms with Gasteiger partial charge >= 0.3 is 12.3 Å². The number of halogens is 5. The summed E-state index contributed by atoms with van der Waals surface area (Å²) in [7, 11) is 1.25. The predicted octanol–water partition coefficient (Wildman–Crippen LogP) is 4.44. The minimum absolute atomic E-state index is 0.0123. The molecule has 0 saturated carbocycles. The summed E-state index contributed by atoms with van der Waals surface area (Å²) < 4.78 is 44.7. The number of carbonyl (C=O) groups is 1. The molecule has 178 valence electrons. The van der Waals surface area contributed by atoms with E-state index < -0.39 is 23.9 Å². The van der Waals surface area contributed by atoms with Crippen molar-refractivity contribution in [2.75, 3.05) is 13.7 Å². The first-order valence-corrected chi connectivity index (χ1v) is 10.1. The third-order valence-electron chi connectivity index (χ3n) is 4.57. The third-order valence-corrected chi connectivity index (χ3v) is 5.31. The van der Waals surface area contributed by atoms with E-state index in [9.17, 15) is 28.3 Å². The highest BCUT2D eigenvalue weighted by Gasteiger charge is 2.33. The van der Waals surface area contributed by atoms with Gasteiger partial charge < -0.3 is 15.2 Å². The molecule has 0 aliphatic carbocycles. The lowest BCUT2D eigenvalue weighted by atomic mass is 10.0. The van der Waals surface area contributed by atoms with Gasteiger partial charge in [0.25, 0.3) is 0 Å². The molecule has 9 nitrogen and oxygen atoms in total. The van der Waals surface area contributed by atoms with Crippen LogP contribution in [0.25, 0.3) is 0 Å². The molecule has 14 heteroatoms. The molecule has 1 aliphatic heterocycles. The van der Waals surface area contributed by atoms with Crippen LogP contribution < -0.4 is 15.4 Å². The van der Waals surface area contributed by atoms with E-state index in [0.29, 0.717) is 5.56 Å². The van der Waals surface area contributed by atoms with Crippen molar-refractivity contribution in [1.82, 2.24) is 15.6 Å². The van der Waals surface area contributed by atoms with Crippen LogP contribution in [0.4, 0.5) is 23.7 Å². The van der Waals surface area contributed by atoms with Gasteiger partial charge in [-0.3, -0.25) is 5.32 Å². The quantitative estimate of drug-likeness (QED) is 0.240. The largest absolute Gasteiger partial charge is 0.494 e. The number of hydrogen-bond donors (Lipinski definition) is 3. The van der Waals surface area contributed by atoms with E-state index in [2.05, 4.69) is 20.7 Å². The maximum atomic E-state index is 13.2. The summed E-state index contributed by atoms with van der Waals surface area (Å²) in [5.41, 5.74) is -0.542. The van der Waals surface area contributed by atoms with E-state index in [-0.39, 0.29) is 39.7 Å². The zero-order chi connectivity index (χ0) is 25.0. The van der Waals surface area contributed by atoms with E-state index in [1.165, 1.54) is 19.2 Å². The van der Waals surface area contributed by atoms with Crippen LogP contribution in [0.5, 0.6) is 5.75 Å². The minimum atomic E-state index is -4.64. The van der Waals surface area contributed by atoms with Crippen molar-refractivity contribution in [2.24, 2.45) is 10.1 Å². The topological polar surface area (TPSA) is 122 Å². The molecular formula is C20H15Cl2F3N6O3. The Morgan fingerprint density at radius 1 is 1.29 bits per heavy atom. The molecule has 0 radical (unpaired) electrons. The maximum Gasteiger partial charge on any atom is 0.416 e. The number of nitrogens with one attached hydrogen (secondary N) is 2. The standard InChI is InChI=1S/C20H15Cl2F3N6O3/c1-34-16-5-3-11(20(23,24)25)7-14(16)28-18(27-9-26)31-8-15(29-19(32)33)17(30-31)10-2-4-12(21)13(22)6-10/h2-7,15,29H,8H2,1H3,(H,27,28)(H,32,33). The van der Waals surface area contributed by atoms with Gasteiger partial charge in [-0.15, -0.1) is 0 Å². The summed E-state index contributed by atoms with van der Waals surface area (Å²) >= 11 is 12.0. The average Bonchev–Trinajstić information content (AvgIpc) is 3.17. The van der Waals surface area contributed by atoms with Gasteiger partial charge in [-0.05, 0) is 30.3 Å². The molecule has 1 unspecified atom stereocenters. The smallest absolute Gasteiger partial charge is 0.416 e. The number of hydrazone groups is 1. The van der Waals surface area contributed by atoms with Crippen LogP contribution in [0.15, 0.2) is 46.5 Å². The van der Waals surface area contributed by atoms with E-state index in [1.54, 1.807) is 12.3 Å². The summed E-state index contributed by atoms with van der Waals surface area (Å²) in [4.78, 5) is 15.4. The Hall–Kier alpha value is -3.69. The molecule has 0 saturated heterocycles. The molecule has 0 fully saturated rings. The Kier molecular flexibility index (Phi) is 7.38. The second-order valence-corrected chi connectivity index (χ2v) is 7.57. The molecule has 1 amide bonds. The number of guanidine groups is 1. The van der Waals surface area contributed by atoms with Crippen molar-refractivity contribution >= 4 is 46.7 Å². The molecule has 0 aromatic heterocycles. The van der Waals surface area contributed by atoms with Crippen LogP contribution in [0.1, 0.15) is 11.1 Å². The molecular weight excluding hydrogens is 500 g/mol. The van der Waals surface area contributed by atoms with Gasteiger partial charge in [0.15, 0.2) is 6.19 Å². The Morgan fingerprint density at radius 2 is 2.03 bits per heavy atom. The molecule has 3 rings (SSSR count). The van der Waals surface area contributed by atoms with Gasteiger partial charge in [0, 0.05) is 5.56 Å². The Bertz CT molecular complexity index is 1210. The molecule has 0 bridgehead atoms. The first-order chi connectivity index (χ1) is 16.0. The highest BCUT2D eigenvalue weighted by molar-refractivity contribution is 6.42. The zero-order valence-electron chi connectivity index (χ0n) is 17.2. The third kappa shape index (κ3) is 5.62.